The number of nitrogens with one attached hydrogen (secondary N) is 1. The second-order valence-electron chi connectivity index (χ2n) is 4.00. The van der Waals surface area contributed by atoms with E-state index in [1.807, 2.05) is 16.9 Å². The first kappa shape index (κ1) is 10.5. The zero-order valence-electron chi connectivity index (χ0n) is 9.28. The summed E-state index contributed by atoms with van der Waals surface area (Å²) in [6.45, 7) is 4.89. The van der Waals surface area contributed by atoms with E-state index in [0.29, 0.717) is 6.04 Å². The van der Waals surface area contributed by atoms with Crippen LogP contribution in [0.1, 0.15) is 26.2 Å². The Labute approximate surface area is 90.6 Å². The van der Waals surface area contributed by atoms with Crippen LogP contribution in [-0.2, 0) is 11.3 Å². The molecule has 0 aliphatic carbocycles. The molecule has 1 saturated heterocycles. The summed E-state index contributed by atoms with van der Waals surface area (Å²) in [7, 11) is 0. The molecular formula is C11H19N3O. The van der Waals surface area contributed by atoms with E-state index in [1.54, 1.807) is 0 Å². The van der Waals surface area contributed by atoms with Crippen LogP contribution in [0.15, 0.2) is 12.3 Å². The van der Waals surface area contributed by atoms with E-state index in [1.165, 1.54) is 12.8 Å². The van der Waals surface area contributed by atoms with Crippen molar-refractivity contribution >= 4 is 5.82 Å². The van der Waals surface area contributed by atoms with Gasteiger partial charge in [-0.25, -0.2) is 4.68 Å². The van der Waals surface area contributed by atoms with Crippen LogP contribution < -0.4 is 5.32 Å². The second kappa shape index (κ2) is 5.16. The number of rotatable bonds is 5. The number of aromatic nitrogens is 2. The number of aryl methyl sites for hydroxylation is 1. The summed E-state index contributed by atoms with van der Waals surface area (Å²) < 4.78 is 7.38. The lowest BCUT2D eigenvalue weighted by molar-refractivity contribution is 0.195. The number of nitrogens with zero attached hydrogens (tertiary/aromatic N) is 2. The second-order valence-corrected chi connectivity index (χ2v) is 4.00. The summed E-state index contributed by atoms with van der Waals surface area (Å²) >= 11 is 0. The Hall–Kier alpha value is -1.03. The number of anilines is 1. The zero-order chi connectivity index (χ0) is 10.5. The standard InChI is InChI=1S/C11H19N3O/c1-2-3-7-14-11(4-6-12-14)13-10-5-8-15-9-10/h4,6,10,13H,2-3,5,7-9H2,1H3. The predicted octanol–water partition coefficient (Wildman–Crippen LogP) is 1.88. The average molecular weight is 209 g/mol. The van der Waals surface area contributed by atoms with Crippen LogP contribution in [-0.4, -0.2) is 29.0 Å². The largest absolute Gasteiger partial charge is 0.379 e. The third-order valence-electron chi connectivity index (χ3n) is 2.72. The van der Waals surface area contributed by atoms with Gasteiger partial charge in [0.2, 0.25) is 0 Å². The van der Waals surface area contributed by atoms with E-state index in [4.69, 9.17) is 4.74 Å². The maximum absolute atomic E-state index is 5.33. The van der Waals surface area contributed by atoms with Gasteiger partial charge in [0.05, 0.1) is 18.8 Å². The predicted molar refractivity (Wildman–Crippen MR) is 60.0 cm³/mol. The summed E-state index contributed by atoms with van der Waals surface area (Å²) in [4.78, 5) is 0. The van der Waals surface area contributed by atoms with Crippen molar-refractivity contribution in [2.75, 3.05) is 18.5 Å². The molecule has 84 valence electrons. The molecule has 0 saturated carbocycles. The number of ether oxygens (including phenoxy) is 1. The van der Waals surface area contributed by atoms with Crippen molar-refractivity contribution in [3.63, 3.8) is 0 Å². The van der Waals surface area contributed by atoms with Gasteiger partial charge in [-0.3, -0.25) is 0 Å². The Kier molecular flexibility index (Phi) is 3.61. The average Bonchev–Trinajstić information content (AvgIpc) is 2.87. The molecule has 1 N–H and O–H groups in total. The third-order valence-corrected chi connectivity index (χ3v) is 2.72. The molecule has 1 unspecified atom stereocenters. The monoisotopic (exact) mass is 209 g/mol. The highest BCUT2D eigenvalue weighted by Crippen LogP contribution is 2.13. The number of hydrogen-bond donors (Lipinski definition) is 1. The fourth-order valence-electron chi connectivity index (χ4n) is 1.80. The van der Waals surface area contributed by atoms with Crippen molar-refractivity contribution in [3.8, 4) is 0 Å². The topological polar surface area (TPSA) is 39.1 Å². The quantitative estimate of drug-likeness (QED) is 0.804. The van der Waals surface area contributed by atoms with E-state index in [0.717, 1.165) is 32.0 Å². The molecule has 2 heterocycles. The van der Waals surface area contributed by atoms with Gasteiger partial charge in [0, 0.05) is 19.2 Å². The van der Waals surface area contributed by atoms with Crippen LogP contribution in [0.5, 0.6) is 0 Å². The molecule has 4 heteroatoms. The van der Waals surface area contributed by atoms with Crippen molar-refractivity contribution in [2.24, 2.45) is 0 Å². The maximum Gasteiger partial charge on any atom is 0.124 e. The summed E-state index contributed by atoms with van der Waals surface area (Å²) in [5.74, 6) is 1.12. The van der Waals surface area contributed by atoms with E-state index >= 15 is 0 Å². The van der Waals surface area contributed by atoms with Gasteiger partial charge in [-0.2, -0.15) is 5.10 Å². The van der Waals surface area contributed by atoms with E-state index in [2.05, 4.69) is 17.3 Å². The van der Waals surface area contributed by atoms with Crippen molar-refractivity contribution in [1.29, 1.82) is 0 Å². The van der Waals surface area contributed by atoms with Crippen LogP contribution in [0.2, 0.25) is 0 Å². The Morgan fingerprint density at radius 2 is 2.60 bits per heavy atom. The van der Waals surface area contributed by atoms with Gasteiger partial charge in [0.25, 0.3) is 0 Å². The molecule has 0 aromatic carbocycles. The van der Waals surface area contributed by atoms with E-state index in [-0.39, 0.29) is 0 Å². The number of hydrogen-bond acceptors (Lipinski definition) is 3. The van der Waals surface area contributed by atoms with Gasteiger partial charge in [-0.1, -0.05) is 13.3 Å². The van der Waals surface area contributed by atoms with Crippen LogP contribution in [0.25, 0.3) is 0 Å². The van der Waals surface area contributed by atoms with E-state index in [9.17, 15) is 0 Å². The van der Waals surface area contributed by atoms with Gasteiger partial charge in [-0.15, -0.1) is 0 Å². The Morgan fingerprint density at radius 1 is 1.67 bits per heavy atom. The lowest BCUT2D eigenvalue weighted by Crippen LogP contribution is -2.21. The fourth-order valence-corrected chi connectivity index (χ4v) is 1.80. The van der Waals surface area contributed by atoms with Crippen LogP contribution in [0, 0.1) is 0 Å². The lowest BCUT2D eigenvalue weighted by Gasteiger charge is -2.13. The molecule has 1 aromatic rings. The lowest BCUT2D eigenvalue weighted by atomic mass is 10.2. The first-order chi connectivity index (χ1) is 7.40. The summed E-state index contributed by atoms with van der Waals surface area (Å²) in [6.07, 6.45) is 5.33. The van der Waals surface area contributed by atoms with Gasteiger partial charge >= 0.3 is 0 Å². The Bertz CT molecular complexity index is 292. The highest BCUT2D eigenvalue weighted by Gasteiger charge is 2.16. The normalized spacial score (nSPS) is 20.7. The molecule has 1 fully saturated rings. The molecule has 1 aromatic heterocycles. The summed E-state index contributed by atoms with van der Waals surface area (Å²) in [5.41, 5.74) is 0. The molecule has 0 amide bonds. The fraction of sp³-hybridized carbons (Fsp3) is 0.727. The highest BCUT2D eigenvalue weighted by atomic mass is 16.5. The molecule has 1 atom stereocenters. The van der Waals surface area contributed by atoms with Crippen LogP contribution in [0.3, 0.4) is 0 Å². The van der Waals surface area contributed by atoms with Crippen molar-refractivity contribution < 1.29 is 4.74 Å². The first-order valence-electron chi connectivity index (χ1n) is 5.76. The minimum Gasteiger partial charge on any atom is -0.379 e. The van der Waals surface area contributed by atoms with Gasteiger partial charge in [0.15, 0.2) is 0 Å². The van der Waals surface area contributed by atoms with Crippen LogP contribution >= 0.6 is 0 Å². The molecule has 2 rings (SSSR count). The molecule has 0 spiro atoms. The molecule has 0 radical (unpaired) electrons. The van der Waals surface area contributed by atoms with Gasteiger partial charge < -0.3 is 10.1 Å². The van der Waals surface area contributed by atoms with Gasteiger partial charge in [-0.05, 0) is 12.8 Å². The highest BCUT2D eigenvalue weighted by molar-refractivity contribution is 5.35. The molecule has 4 nitrogen and oxygen atoms in total. The molecule has 1 aliphatic rings. The maximum atomic E-state index is 5.33. The Morgan fingerprint density at radius 3 is 3.33 bits per heavy atom. The number of unbranched alkanes of at least 4 members (excludes halogenated alkanes) is 1. The minimum absolute atomic E-state index is 0.460. The molecule has 15 heavy (non-hydrogen) atoms. The first-order valence-corrected chi connectivity index (χ1v) is 5.76. The van der Waals surface area contributed by atoms with Crippen molar-refractivity contribution in [1.82, 2.24) is 9.78 Å². The molecule has 1 aliphatic heterocycles. The zero-order valence-corrected chi connectivity index (χ0v) is 9.28. The molecular weight excluding hydrogens is 190 g/mol. The molecule has 0 bridgehead atoms. The Balaban J connectivity index is 1.91. The SMILES string of the molecule is CCCCn1nccc1NC1CCOC1. The summed E-state index contributed by atoms with van der Waals surface area (Å²) in [5, 5.41) is 7.78. The van der Waals surface area contributed by atoms with Crippen molar-refractivity contribution in [2.45, 2.75) is 38.8 Å². The van der Waals surface area contributed by atoms with E-state index < -0.39 is 0 Å². The van der Waals surface area contributed by atoms with Gasteiger partial charge in [0.1, 0.15) is 5.82 Å². The minimum atomic E-state index is 0.460. The van der Waals surface area contributed by atoms with Crippen LogP contribution in [0.4, 0.5) is 5.82 Å². The third kappa shape index (κ3) is 2.72. The van der Waals surface area contributed by atoms with Crippen molar-refractivity contribution in [3.05, 3.63) is 12.3 Å². The summed E-state index contributed by atoms with van der Waals surface area (Å²) in [6, 6.07) is 2.50. The smallest absolute Gasteiger partial charge is 0.124 e.